The molecule has 0 spiro atoms. The molecule has 224 valence electrons. The standard InChI is InChI=1S/C34H35Cl3N4O2/c1-21-8-9-23(36)17-29(21)39-12-14-40(15-13-39)31(43)20-41-28-7-5-4-6-26(28)38-27-18-34(2,3)19-30(42)32(27)33(41)24-11-10-22(35)16-25(24)37/h4-11,16-17,33,38H,12-15,18-20H2,1-3H3. The van der Waals surface area contributed by atoms with Crippen LogP contribution in [0.25, 0.3) is 0 Å². The summed E-state index contributed by atoms with van der Waals surface area (Å²) in [5.74, 6) is 0.0607. The molecule has 3 aromatic carbocycles. The van der Waals surface area contributed by atoms with Crippen LogP contribution < -0.4 is 15.1 Å². The van der Waals surface area contributed by atoms with Gasteiger partial charge in [0.25, 0.3) is 0 Å². The van der Waals surface area contributed by atoms with Crippen LogP contribution in [-0.2, 0) is 9.59 Å². The van der Waals surface area contributed by atoms with Crippen molar-refractivity contribution in [2.75, 3.05) is 47.8 Å². The Balaban J connectivity index is 1.36. The van der Waals surface area contributed by atoms with Crippen molar-refractivity contribution in [2.24, 2.45) is 5.41 Å². The SMILES string of the molecule is Cc1ccc(Cl)cc1N1CCN(C(=O)CN2c3ccccc3NC3=C(C(=O)CC(C)(C)C3)C2c2ccc(Cl)cc2Cl)CC1. The maximum atomic E-state index is 14.1. The first-order valence-electron chi connectivity index (χ1n) is 14.6. The molecule has 1 amide bonds. The molecule has 3 aliphatic rings. The van der Waals surface area contributed by atoms with Gasteiger partial charge in [0, 0.05) is 64.6 Å². The molecule has 0 saturated carbocycles. The number of carbonyl (C=O) groups is 2. The summed E-state index contributed by atoms with van der Waals surface area (Å²) in [4.78, 5) is 34.3. The fourth-order valence-electron chi connectivity index (χ4n) is 6.64. The van der Waals surface area contributed by atoms with E-state index in [-0.39, 0.29) is 23.7 Å². The van der Waals surface area contributed by atoms with Gasteiger partial charge in [-0.3, -0.25) is 9.59 Å². The summed E-state index contributed by atoms with van der Waals surface area (Å²) in [6.45, 7) is 8.99. The Morgan fingerprint density at radius 3 is 2.35 bits per heavy atom. The third-order valence-electron chi connectivity index (χ3n) is 8.71. The van der Waals surface area contributed by atoms with Gasteiger partial charge in [-0.15, -0.1) is 0 Å². The Morgan fingerprint density at radius 2 is 1.60 bits per heavy atom. The summed E-state index contributed by atoms with van der Waals surface area (Å²) in [5.41, 5.74) is 6.06. The normalized spacial score (nSPS) is 19.9. The Kier molecular flexibility index (Phi) is 8.14. The summed E-state index contributed by atoms with van der Waals surface area (Å²) in [6, 6.07) is 18.7. The number of halogens is 3. The van der Waals surface area contributed by atoms with Crippen molar-refractivity contribution in [1.82, 2.24) is 4.90 Å². The fraction of sp³-hybridized carbons (Fsp3) is 0.353. The lowest BCUT2D eigenvalue weighted by molar-refractivity contribution is -0.130. The highest BCUT2D eigenvalue weighted by atomic mass is 35.5. The summed E-state index contributed by atoms with van der Waals surface area (Å²) in [5, 5.41) is 5.28. The summed E-state index contributed by atoms with van der Waals surface area (Å²) < 4.78 is 0. The minimum absolute atomic E-state index is 0.00000616. The van der Waals surface area contributed by atoms with E-state index in [4.69, 9.17) is 34.8 Å². The number of Topliss-reactive ketones (excluding diaryl/α,β-unsaturated/α-hetero) is 1. The number of anilines is 3. The van der Waals surface area contributed by atoms with Gasteiger partial charge in [0.2, 0.25) is 5.91 Å². The first kappa shape index (κ1) is 29.9. The zero-order chi connectivity index (χ0) is 30.5. The topological polar surface area (TPSA) is 55.9 Å². The van der Waals surface area contributed by atoms with E-state index in [0.29, 0.717) is 59.7 Å². The van der Waals surface area contributed by atoms with Crippen LogP contribution in [0.5, 0.6) is 0 Å². The highest BCUT2D eigenvalue weighted by Crippen LogP contribution is 2.49. The number of piperazine rings is 1. The van der Waals surface area contributed by atoms with Crippen LogP contribution in [0.15, 0.2) is 71.9 Å². The van der Waals surface area contributed by atoms with Crippen LogP contribution in [-0.4, -0.2) is 49.3 Å². The third kappa shape index (κ3) is 5.98. The molecular weight excluding hydrogens is 603 g/mol. The molecule has 1 N–H and O–H groups in total. The van der Waals surface area contributed by atoms with Crippen molar-refractivity contribution >= 4 is 63.6 Å². The summed E-state index contributed by atoms with van der Waals surface area (Å²) >= 11 is 19.4. The molecule has 3 aromatic rings. The number of ketones is 1. The van der Waals surface area contributed by atoms with Crippen LogP contribution in [0.1, 0.15) is 43.9 Å². The van der Waals surface area contributed by atoms with E-state index in [1.54, 1.807) is 12.1 Å². The number of benzene rings is 3. The molecule has 2 aliphatic heterocycles. The minimum Gasteiger partial charge on any atom is -0.368 e. The maximum absolute atomic E-state index is 14.1. The molecule has 0 aromatic heterocycles. The van der Waals surface area contributed by atoms with Crippen LogP contribution >= 0.6 is 34.8 Å². The zero-order valence-corrected chi connectivity index (χ0v) is 26.9. The van der Waals surface area contributed by atoms with Gasteiger partial charge < -0.3 is 20.0 Å². The molecule has 1 unspecified atom stereocenters. The Hall–Kier alpha value is -3.19. The highest BCUT2D eigenvalue weighted by molar-refractivity contribution is 6.35. The van der Waals surface area contributed by atoms with Crippen LogP contribution in [0.2, 0.25) is 15.1 Å². The Bertz CT molecular complexity index is 1630. The lowest BCUT2D eigenvalue weighted by Crippen LogP contribution is -2.52. The lowest BCUT2D eigenvalue weighted by Gasteiger charge is -2.40. The van der Waals surface area contributed by atoms with Crippen molar-refractivity contribution in [3.63, 3.8) is 0 Å². The number of nitrogens with zero attached hydrogens (tertiary/aromatic N) is 3. The molecule has 1 fully saturated rings. The molecule has 0 radical (unpaired) electrons. The largest absolute Gasteiger partial charge is 0.368 e. The molecular formula is C34H35Cl3N4O2. The predicted octanol–water partition coefficient (Wildman–Crippen LogP) is 7.92. The number of carbonyl (C=O) groups excluding carboxylic acids is 2. The van der Waals surface area contributed by atoms with E-state index in [2.05, 4.69) is 31.0 Å². The molecule has 9 heteroatoms. The van der Waals surface area contributed by atoms with E-state index < -0.39 is 6.04 Å². The third-order valence-corrected chi connectivity index (χ3v) is 9.51. The fourth-order valence-corrected chi connectivity index (χ4v) is 7.32. The quantitative estimate of drug-likeness (QED) is 0.315. The van der Waals surface area contributed by atoms with Crippen LogP contribution in [0.4, 0.5) is 17.1 Å². The second kappa shape index (κ2) is 11.7. The van der Waals surface area contributed by atoms with Crippen LogP contribution in [0, 0.1) is 12.3 Å². The van der Waals surface area contributed by atoms with Gasteiger partial charge in [-0.2, -0.15) is 0 Å². The lowest BCUT2D eigenvalue weighted by atomic mass is 9.73. The van der Waals surface area contributed by atoms with Gasteiger partial charge in [-0.05, 0) is 66.3 Å². The average molecular weight is 638 g/mol. The molecule has 6 nitrogen and oxygen atoms in total. The molecule has 43 heavy (non-hydrogen) atoms. The molecule has 1 saturated heterocycles. The van der Waals surface area contributed by atoms with Crippen molar-refractivity contribution in [3.8, 4) is 0 Å². The average Bonchev–Trinajstić information content (AvgIpc) is 3.08. The number of amides is 1. The van der Waals surface area contributed by atoms with Gasteiger partial charge >= 0.3 is 0 Å². The number of fused-ring (bicyclic) bond motifs is 1. The van der Waals surface area contributed by atoms with Crippen LogP contribution in [0.3, 0.4) is 0 Å². The van der Waals surface area contributed by atoms with E-state index in [9.17, 15) is 9.59 Å². The maximum Gasteiger partial charge on any atom is 0.242 e. The van der Waals surface area contributed by atoms with Crippen molar-refractivity contribution in [1.29, 1.82) is 0 Å². The molecule has 0 bridgehead atoms. The number of nitrogens with one attached hydrogen (secondary N) is 1. The number of para-hydroxylation sites is 2. The van der Waals surface area contributed by atoms with Crippen molar-refractivity contribution in [2.45, 2.75) is 39.7 Å². The highest BCUT2D eigenvalue weighted by Gasteiger charge is 2.43. The molecule has 1 aliphatic carbocycles. The monoisotopic (exact) mass is 636 g/mol. The number of allylic oxidation sites excluding steroid dienone is 1. The first-order valence-corrected chi connectivity index (χ1v) is 15.8. The molecule has 6 rings (SSSR count). The Labute approximate surface area is 268 Å². The van der Waals surface area contributed by atoms with Crippen molar-refractivity contribution in [3.05, 3.63) is 98.1 Å². The molecule has 1 atom stereocenters. The number of rotatable bonds is 4. The van der Waals surface area contributed by atoms with Gasteiger partial charge in [-0.25, -0.2) is 0 Å². The first-order chi connectivity index (χ1) is 20.5. The van der Waals surface area contributed by atoms with E-state index in [1.807, 2.05) is 58.3 Å². The number of aryl methyl sites for hydroxylation is 1. The summed E-state index contributed by atoms with van der Waals surface area (Å²) in [6.07, 6.45) is 1.12. The second-order valence-corrected chi connectivity index (χ2v) is 13.8. The van der Waals surface area contributed by atoms with Gasteiger partial charge in [0.15, 0.2) is 5.78 Å². The van der Waals surface area contributed by atoms with Gasteiger partial charge in [0.05, 0.1) is 24.0 Å². The second-order valence-electron chi connectivity index (χ2n) is 12.5. The number of hydrogen-bond acceptors (Lipinski definition) is 5. The van der Waals surface area contributed by atoms with Crippen molar-refractivity contribution < 1.29 is 9.59 Å². The summed E-state index contributed by atoms with van der Waals surface area (Å²) in [7, 11) is 0. The molecule has 2 heterocycles. The van der Waals surface area contributed by atoms with Gasteiger partial charge in [-0.1, -0.05) is 72.9 Å². The zero-order valence-electron chi connectivity index (χ0n) is 24.6. The minimum atomic E-state index is -0.557. The van der Waals surface area contributed by atoms with E-state index in [1.165, 1.54) is 0 Å². The Morgan fingerprint density at radius 1 is 0.907 bits per heavy atom. The number of hydrogen-bond donors (Lipinski definition) is 1. The van der Waals surface area contributed by atoms with E-state index >= 15 is 0 Å². The smallest absolute Gasteiger partial charge is 0.242 e. The predicted molar refractivity (Wildman–Crippen MR) is 177 cm³/mol. The van der Waals surface area contributed by atoms with E-state index in [0.717, 1.165) is 33.9 Å². The van der Waals surface area contributed by atoms with Gasteiger partial charge in [0.1, 0.15) is 0 Å².